The molecule has 3 aromatic rings. The summed E-state index contributed by atoms with van der Waals surface area (Å²) >= 11 is 1.71. The van der Waals surface area contributed by atoms with E-state index in [9.17, 15) is 5.11 Å². The Labute approximate surface area is 123 Å². The molecule has 0 spiro atoms. The van der Waals surface area contributed by atoms with Crippen LogP contribution in [-0.4, -0.2) is 5.11 Å². The maximum absolute atomic E-state index is 10.4. The van der Waals surface area contributed by atoms with Gasteiger partial charge in [0.25, 0.3) is 0 Å². The van der Waals surface area contributed by atoms with Gasteiger partial charge in [0.2, 0.25) is 0 Å². The zero-order valence-electron chi connectivity index (χ0n) is 11.3. The molecular formula is C18H18OS. The van der Waals surface area contributed by atoms with Gasteiger partial charge in [0.15, 0.2) is 0 Å². The van der Waals surface area contributed by atoms with Gasteiger partial charge in [0, 0.05) is 4.70 Å². The van der Waals surface area contributed by atoms with Crippen molar-refractivity contribution in [3.8, 4) is 0 Å². The first-order valence-electron chi connectivity index (χ1n) is 7.03. The average molecular weight is 282 g/mol. The summed E-state index contributed by atoms with van der Waals surface area (Å²) in [7, 11) is 0. The number of rotatable bonds is 5. The fourth-order valence-corrected chi connectivity index (χ4v) is 3.54. The van der Waals surface area contributed by atoms with Crippen molar-refractivity contribution in [2.75, 3.05) is 0 Å². The van der Waals surface area contributed by atoms with E-state index in [1.165, 1.54) is 15.6 Å². The molecule has 0 fully saturated rings. The van der Waals surface area contributed by atoms with E-state index in [4.69, 9.17) is 0 Å². The smallest absolute Gasteiger partial charge is 0.0804 e. The number of thiophene rings is 1. The summed E-state index contributed by atoms with van der Waals surface area (Å²) < 4.78 is 1.22. The van der Waals surface area contributed by atoms with Gasteiger partial charge in [0.1, 0.15) is 0 Å². The lowest BCUT2D eigenvalue weighted by Gasteiger charge is -2.12. The maximum atomic E-state index is 10.4. The van der Waals surface area contributed by atoms with Gasteiger partial charge >= 0.3 is 0 Å². The van der Waals surface area contributed by atoms with E-state index in [1.807, 2.05) is 18.2 Å². The number of aliphatic hydroxyl groups is 1. The van der Waals surface area contributed by atoms with Crippen molar-refractivity contribution in [1.29, 1.82) is 0 Å². The zero-order valence-corrected chi connectivity index (χ0v) is 12.1. The predicted octanol–water partition coefficient (Wildman–Crippen LogP) is 4.96. The van der Waals surface area contributed by atoms with E-state index in [0.717, 1.165) is 24.8 Å². The Balaban J connectivity index is 1.64. The molecule has 0 saturated heterocycles. The van der Waals surface area contributed by atoms with Crippen LogP contribution in [0, 0.1) is 0 Å². The van der Waals surface area contributed by atoms with E-state index < -0.39 is 0 Å². The number of aliphatic hydroxyl groups excluding tert-OH is 1. The summed E-state index contributed by atoms with van der Waals surface area (Å²) in [6, 6.07) is 18.8. The lowest BCUT2D eigenvalue weighted by Crippen LogP contribution is -1.98. The molecule has 0 amide bonds. The molecule has 2 heteroatoms. The van der Waals surface area contributed by atoms with Crippen molar-refractivity contribution in [1.82, 2.24) is 0 Å². The number of hydrogen-bond donors (Lipinski definition) is 1. The molecule has 1 N–H and O–H groups in total. The molecule has 0 aliphatic rings. The Hall–Kier alpha value is -1.64. The van der Waals surface area contributed by atoms with Crippen molar-refractivity contribution < 1.29 is 5.11 Å². The third kappa shape index (κ3) is 2.92. The van der Waals surface area contributed by atoms with E-state index in [0.29, 0.717) is 0 Å². The van der Waals surface area contributed by atoms with Gasteiger partial charge in [-0.15, -0.1) is 11.3 Å². The van der Waals surface area contributed by atoms with Crippen LogP contribution < -0.4 is 0 Å². The lowest BCUT2D eigenvalue weighted by molar-refractivity contribution is 0.166. The zero-order chi connectivity index (χ0) is 13.8. The minimum atomic E-state index is -0.360. The highest BCUT2D eigenvalue weighted by Crippen LogP contribution is 2.31. The van der Waals surface area contributed by atoms with Crippen LogP contribution in [0.4, 0.5) is 0 Å². The third-order valence-corrected chi connectivity index (χ3v) is 4.63. The molecule has 0 bridgehead atoms. The number of benzene rings is 2. The quantitative estimate of drug-likeness (QED) is 0.701. The Bertz CT molecular complexity index is 672. The second-order valence-corrected chi connectivity index (χ2v) is 6.00. The number of fused-ring (bicyclic) bond motifs is 1. The lowest BCUT2D eigenvalue weighted by atomic mass is 10.0. The summed E-state index contributed by atoms with van der Waals surface area (Å²) in [6.45, 7) is 0. The summed E-state index contributed by atoms with van der Waals surface area (Å²) in [5.41, 5.74) is 2.42. The number of hydrogen-bond acceptors (Lipinski definition) is 2. The highest BCUT2D eigenvalue weighted by Gasteiger charge is 2.11. The Morgan fingerprint density at radius 2 is 1.80 bits per heavy atom. The molecule has 1 nitrogen and oxygen atoms in total. The molecule has 20 heavy (non-hydrogen) atoms. The van der Waals surface area contributed by atoms with Gasteiger partial charge in [-0.3, -0.25) is 0 Å². The first kappa shape index (κ1) is 13.3. The van der Waals surface area contributed by atoms with Crippen molar-refractivity contribution in [3.05, 3.63) is 71.1 Å². The van der Waals surface area contributed by atoms with Crippen LogP contribution in [0.2, 0.25) is 0 Å². The van der Waals surface area contributed by atoms with Gasteiger partial charge in [-0.25, -0.2) is 0 Å². The van der Waals surface area contributed by atoms with Crippen molar-refractivity contribution in [2.45, 2.75) is 25.4 Å². The van der Waals surface area contributed by atoms with Crippen LogP contribution in [0.25, 0.3) is 10.1 Å². The molecule has 102 valence electrons. The standard InChI is InChI=1S/C18H18OS/c19-17(11-4-8-14-6-2-1-3-7-14)16-10-5-9-15-12-13-20-18(15)16/h1-3,5-7,9-10,12-13,17,19H,4,8,11H2. The van der Waals surface area contributed by atoms with Gasteiger partial charge in [-0.1, -0.05) is 48.5 Å². The fourth-order valence-electron chi connectivity index (χ4n) is 2.58. The van der Waals surface area contributed by atoms with Crippen LogP contribution in [0.15, 0.2) is 60.0 Å². The van der Waals surface area contributed by atoms with Crippen LogP contribution in [-0.2, 0) is 6.42 Å². The Kier molecular flexibility index (Phi) is 4.14. The topological polar surface area (TPSA) is 20.2 Å². The molecule has 3 rings (SSSR count). The molecule has 1 unspecified atom stereocenters. The summed E-state index contributed by atoms with van der Waals surface area (Å²) in [6.07, 6.45) is 2.48. The van der Waals surface area contributed by atoms with Gasteiger partial charge in [-0.2, -0.15) is 0 Å². The summed E-state index contributed by atoms with van der Waals surface area (Å²) in [4.78, 5) is 0. The summed E-state index contributed by atoms with van der Waals surface area (Å²) in [5.74, 6) is 0. The highest BCUT2D eigenvalue weighted by molar-refractivity contribution is 7.17. The summed E-state index contributed by atoms with van der Waals surface area (Å²) in [5, 5.41) is 13.7. The van der Waals surface area contributed by atoms with E-state index in [2.05, 4.69) is 41.8 Å². The molecule has 1 aromatic heterocycles. The maximum Gasteiger partial charge on any atom is 0.0804 e. The molecule has 1 atom stereocenters. The van der Waals surface area contributed by atoms with Crippen LogP contribution >= 0.6 is 11.3 Å². The van der Waals surface area contributed by atoms with Gasteiger partial charge in [0.05, 0.1) is 6.10 Å². The molecule has 0 aliphatic carbocycles. The van der Waals surface area contributed by atoms with Crippen LogP contribution in [0.1, 0.15) is 30.1 Å². The second kappa shape index (κ2) is 6.21. The van der Waals surface area contributed by atoms with E-state index in [-0.39, 0.29) is 6.10 Å². The molecular weight excluding hydrogens is 264 g/mol. The largest absolute Gasteiger partial charge is 0.388 e. The van der Waals surface area contributed by atoms with E-state index in [1.54, 1.807) is 11.3 Å². The number of aryl methyl sites for hydroxylation is 1. The second-order valence-electron chi connectivity index (χ2n) is 5.08. The molecule has 2 aromatic carbocycles. The normalized spacial score (nSPS) is 12.7. The van der Waals surface area contributed by atoms with E-state index >= 15 is 0 Å². The first-order valence-corrected chi connectivity index (χ1v) is 7.90. The molecule has 0 aliphatic heterocycles. The Morgan fingerprint density at radius 3 is 2.65 bits per heavy atom. The van der Waals surface area contributed by atoms with Crippen molar-refractivity contribution in [2.24, 2.45) is 0 Å². The van der Waals surface area contributed by atoms with Crippen LogP contribution in [0.5, 0.6) is 0 Å². The minimum absolute atomic E-state index is 0.360. The highest BCUT2D eigenvalue weighted by atomic mass is 32.1. The fraction of sp³-hybridized carbons (Fsp3) is 0.222. The van der Waals surface area contributed by atoms with Crippen molar-refractivity contribution >= 4 is 21.4 Å². The molecule has 0 radical (unpaired) electrons. The average Bonchev–Trinajstić information content (AvgIpc) is 2.96. The molecule has 1 heterocycles. The first-order chi connectivity index (χ1) is 9.84. The minimum Gasteiger partial charge on any atom is -0.388 e. The SMILES string of the molecule is OC(CCCc1ccccc1)c1cccc2ccsc12. The van der Waals surface area contributed by atoms with Crippen molar-refractivity contribution in [3.63, 3.8) is 0 Å². The van der Waals surface area contributed by atoms with Crippen LogP contribution in [0.3, 0.4) is 0 Å². The van der Waals surface area contributed by atoms with Gasteiger partial charge < -0.3 is 5.11 Å². The van der Waals surface area contributed by atoms with Gasteiger partial charge in [-0.05, 0) is 47.2 Å². The Morgan fingerprint density at radius 1 is 0.950 bits per heavy atom. The molecule has 0 saturated carbocycles. The third-order valence-electron chi connectivity index (χ3n) is 3.65. The monoisotopic (exact) mass is 282 g/mol. The predicted molar refractivity (Wildman–Crippen MR) is 86.2 cm³/mol.